The molecule has 1 heteroatoms. The van der Waals surface area contributed by atoms with Crippen LogP contribution < -0.4 is 5.73 Å². The molecular formula is C10H21N. The second-order valence-electron chi connectivity index (χ2n) is 4.08. The molecule has 0 spiro atoms. The van der Waals surface area contributed by atoms with Crippen LogP contribution in [0.2, 0.25) is 0 Å². The Kier molecular flexibility index (Phi) is 2.94. The van der Waals surface area contributed by atoms with E-state index in [2.05, 4.69) is 13.8 Å². The maximum atomic E-state index is 5.85. The van der Waals surface area contributed by atoms with Crippen LogP contribution in [0.5, 0.6) is 0 Å². The minimum Gasteiger partial charge on any atom is -0.330 e. The van der Waals surface area contributed by atoms with Crippen LogP contribution in [0.4, 0.5) is 0 Å². The first-order chi connectivity index (χ1) is 5.25. The minimum absolute atomic E-state index is 0.523. The van der Waals surface area contributed by atoms with Gasteiger partial charge in [0, 0.05) is 0 Å². The van der Waals surface area contributed by atoms with E-state index in [1.54, 1.807) is 0 Å². The lowest BCUT2D eigenvalue weighted by molar-refractivity contribution is 0.186. The summed E-state index contributed by atoms with van der Waals surface area (Å²) in [6, 6.07) is 0. The van der Waals surface area contributed by atoms with Crippen LogP contribution in [0.3, 0.4) is 0 Å². The standard InChI is InChI=1S/C10H21N/c1-3-9(2)10(8-11)6-4-5-7-10/h9H,3-8,11H2,1-2H3. The molecule has 66 valence electrons. The maximum absolute atomic E-state index is 5.85. The van der Waals surface area contributed by atoms with Crippen LogP contribution in [0.1, 0.15) is 46.0 Å². The average molecular weight is 155 g/mol. The fourth-order valence-electron chi connectivity index (χ4n) is 2.41. The molecule has 2 N–H and O–H groups in total. The van der Waals surface area contributed by atoms with E-state index in [0.717, 1.165) is 12.5 Å². The van der Waals surface area contributed by atoms with Crippen LogP contribution in [0, 0.1) is 11.3 Å². The summed E-state index contributed by atoms with van der Waals surface area (Å²) in [5.41, 5.74) is 6.37. The largest absolute Gasteiger partial charge is 0.330 e. The Bertz CT molecular complexity index is 114. The Hall–Kier alpha value is -0.0400. The molecule has 0 saturated heterocycles. The van der Waals surface area contributed by atoms with Crippen LogP contribution in [0.15, 0.2) is 0 Å². The van der Waals surface area contributed by atoms with Crippen LogP contribution in [-0.2, 0) is 0 Å². The molecule has 1 nitrogen and oxygen atoms in total. The van der Waals surface area contributed by atoms with E-state index in [-0.39, 0.29) is 0 Å². The molecule has 0 aliphatic heterocycles. The molecule has 1 saturated carbocycles. The third kappa shape index (κ3) is 1.58. The number of hydrogen-bond acceptors (Lipinski definition) is 1. The molecular weight excluding hydrogens is 134 g/mol. The zero-order chi connectivity index (χ0) is 8.32. The zero-order valence-electron chi connectivity index (χ0n) is 7.90. The maximum Gasteiger partial charge on any atom is -0.00180 e. The summed E-state index contributed by atoms with van der Waals surface area (Å²) in [5.74, 6) is 0.829. The molecule has 0 amide bonds. The molecule has 0 aromatic rings. The van der Waals surface area contributed by atoms with Crippen molar-refractivity contribution in [2.45, 2.75) is 46.0 Å². The summed E-state index contributed by atoms with van der Waals surface area (Å²) < 4.78 is 0. The number of hydrogen-bond donors (Lipinski definition) is 1. The smallest absolute Gasteiger partial charge is 0.00180 e. The van der Waals surface area contributed by atoms with Gasteiger partial charge in [0.1, 0.15) is 0 Å². The first kappa shape index (κ1) is 9.05. The summed E-state index contributed by atoms with van der Waals surface area (Å²) in [5, 5.41) is 0. The van der Waals surface area contributed by atoms with Gasteiger partial charge in [-0.15, -0.1) is 0 Å². The van der Waals surface area contributed by atoms with E-state index in [1.807, 2.05) is 0 Å². The summed E-state index contributed by atoms with van der Waals surface area (Å²) in [6.07, 6.45) is 6.84. The summed E-state index contributed by atoms with van der Waals surface area (Å²) in [6.45, 7) is 5.54. The van der Waals surface area contributed by atoms with Gasteiger partial charge in [0.25, 0.3) is 0 Å². The Morgan fingerprint density at radius 2 is 1.91 bits per heavy atom. The van der Waals surface area contributed by atoms with Gasteiger partial charge in [0.15, 0.2) is 0 Å². The second kappa shape index (κ2) is 3.57. The van der Waals surface area contributed by atoms with Crippen molar-refractivity contribution in [3.05, 3.63) is 0 Å². The quantitative estimate of drug-likeness (QED) is 0.666. The highest BCUT2D eigenvalue weighted by atomic mass is 14.6. The molecule has 0 radical (unpaired) electrons. The van der Waals surface area contributed by atoms with Gasteiger partial charge in [-0.05, 0) is 30.7 Å². The highest BCUT2D eigenvalue weighted by Crippen LogP contribution is 2.44. The van der Waals surface area contributed by atoms with Gasteiger partial charge >= 0.3 is 0 Å². The van der Waals surface area contributed by atoms with Crippen molar-refractivity contribution < 1.29 is 0 Å². The van der Waals surface area contributed by atoms with Crippen molar-refractivity contribution in [2.75, 3.05) is 6.54 Å². The topological polar surface area (TPSA) is 26.0 Å². The van der Waals surface area contributed by atoms with Crippen LogP contribution in [-0.4, -0.2) is 6.54 Å². The third-order valence-electron chi connectivity index (χ3n) is 3.66. The summed E-state index contributed by atoms with van der Waals surface area (Å²) in [4.78, 5) is 0. The molecule has 1 unspecified atom stereocenters. The molecule has 1 fully saturated rings. The van der Waals surface area contributed by atoms with Crippen molar-refractivity contribution in [3.63, 3.8) is 0 Å². The van der Waals surface area contributed by atoms with Crippen molar-refractivity contribution in [1.82, 2.24) is 0 Å². The second-order valence-corrected chi connectivity index (χ2v) is 4.08. The molecule has 1 rings (SSSR count). The lowest BCUT2D eigenvalue weighted by atomic mass is 9.74. The monoisotopic (exact) mass is 155 g/mol. The average Bonchev–Trinajstić information content (AvgIpc) is 2.52. The Morgan fingerprint density at radius 1 is 1.36 bits per heavy atom. The van der Waals surface area contributed by atoms with Gasteiger partial charge in [0.2, 0.25) is 0 Å². The first-order valence-corrected chi connectivity index (χ1v) is 4.95. The predicted octanol–water partition coefficient (Wildman–Crippen LogP) is 2.55. The molecule has 1 aliphatic rings. The molecule has 0 aromatic carbocycles. The first-order valence-electron chi connectivity index (χ1n) is 4.95. The summed E-state index contributed by atoms with van der Waals surface area (Å²) >= 11 is 0. The molecule has 0 heterocycles. The number of rotatable bonds is 3. The Labute approximate surface area is 70.4 Å². The lowest BCUT2D eigenvalue weighted by Gasteiger charge is -2.33. The minimum atomic E-state index is 0.523. The molecule has 1 aliphatic carbocycles. The normalized spacial score (nSPS) is 25.4. The van der Waals surface area contributed by atoms with Crippen LogP contribution >= 0.6 is 0 Å². The fourth-order valence-corrected chi connectivity index (χ4v) is 2.41. The zero-order valence-corrected chi connectivity index (χ0v) is 7.90. The number of nitrogens with two attached hydrogens (primary N) is 1. The molecule has 1 atom stereocenters. The highest BCUT2D eigenvalue weighted by molar-refractivity contribution is 4.88. The van der Waals surface area contributed by atoms with Gasteiger partial charge in [-0.3, -0.25) is 0 Å². The van der Waals surface area contributed by atoms with Crippen molar-refractivity contribution in [2.24, 2.45) is 17.1 Å². The van der Waals surface area contributed by atoms with Crippen LogP contribution in [0.25, 0.3) is 0 Å². The predicted molar refractivity (Wildman–Crippen MR) is 49.4 cm³/mol. The molecule has 0 aromatic heterocycles. The van der Waals surface area contributed by atoms with E-state index in [1.165, 1.54) is 32.1 Å². The van der Waals surface area contributed by atoms with E-state index < -0.39 is 0 Å². The van der Waals surface area contributed by atoms with Crippen molar-refractivity contribution in [3.8, 4) is 0 Å². The molecule has 0 bridgehead atoms. The fraction of sp³-hybridized carbons (Fsp3) is 1.00. The Morgan fingerprint density at radius 3 is 2.27 bits per heavy atom. The molecule has 11 heavy (non-hydrogen) atoms. The van der Waals surface area contributed by atoms with Gasteiger partial charge in [-0.25, -0.2) is 0 Å². The van der Waals surface area contributed by atoms with E-state index in [9.17, 15) is 0 Å². The highest BCUT2D eigenvalue weighted by Gasteiger charge is 2.36. The van der Waals surface area contributed by atoms with Gasteiger partial charge in [-0.2, -0.15) is 0 Å². The van der Waals surface area contributed by atoms with E-state index in [4.69, 9.17) is 5.73 Å². The summed E-state index contributed by atoms with van der Waals surface area (Å²) in [7, 11) is 0. The SMILES string of the molecule is CCC(C)C1(CN)CCCC1. The van der Waals surface area contributed by atoms with Gasteiger partial charge in [-0.1, -0.05) is 33.1 Å². The third-order valence-corrected chi connectivity index (χ3v) is 3.66. The van der Waals surface area contributed by atoms with E-state index in [0.29, 0.717) is 5.41 Å². The lowest BCUT2D eigenvalue weighted by Crippen LogP contribution is -2.33. The van der Waals surface area contributed by atoms with Crippen molar-refractivity contribution in [1.29, 1.82) is 0 Å². The van der Waals surface area contributed by atoms with Gasteiger partial charge < -0.3 is 5.73 Å². The Balaban J connectivity index is 2.58. The van der Waals surface area contributed by atoms with Gasteiger partial charge in [0.05, 0.1) is 0 Å². The van der Waals surface area contributed by atoms with Crippen molar-refractivity contribution >= 4 is 0 Å². The van der Waals surface area contributed by atoms with E-state index >= 15 is 0 Å².